The van der Waals surface area contributed by atoms with Gasteiger partial charge in [-0.1, -0.05) is 0 Å². The Morgan fingerprint density at radius 1 is 1.50 bits per heavy atom. The molecule has 0 radical (unpaired) electrons. The highest BCUT2D eigenvalue weighted by atomic mass is 19.1. The minimum Gasteiger partial charge on any atom is -0.507 e. The van der Waals surface area contributed by atoms with Gasteiger partial charge in [-0.05, 0) is 25.5 Å². The fourth-order valence-electron chi connectivity index (χ4n) is 1.07. The Balaban J connectivity index is 3.49. The van der Waals surface area contributed by atoms with Gasteiger partial charge in [-0.2, -0.15) is 0 Å². The second-order valence-corrected chi connectivity index (χ2v) is 2.69. The van der Waals surface area contributed by atoms with Gasteiger partial charge in [-0.25, -0.2) is 4.39 Å². The van der Waals surface area contributed by atoms with Crippen molar-refractivity contribution >= 4 is 6.29 Å². The van der Waals surface area contributed by atoms with Gasteiger partial charge in [-0.3, -0.25) is 4.79 Å². The SMILES string of the molecule is Cc1cc(C=O)c(F)c(C)c1O. The van der Waals surface area contributed by atoms with Crippen LogP contribution in [0.3, 0.4) is 0 Å². The van der Waals surface area contributed by atoms with Crippen LogP contribution in [0, 0.1) is 19.7 Å². The number of hydrogen-bond acceptors (Lipinski definition) is 2. The zero-order valence-electron chi connectivity index (χ0n) is 6.89. The highest BCUT2D eigenvalue weighted by Crippen LogP contribution is 2.25. The van der Waals surface area contributed by atoms with E-state index in [1.54, 1.807) is 6.92 Å². The van der Waals surface area contributed by atoms with E-state index in [9.17, 15) is 14.3 Å². The Hall–Kier alpha value is -1.38. The van der Waals surface area contributed by atoms with E-state index >= 15 is 0 Å². The summed E-state index contributed by atoms with van der Waals surface area (Å²) in [5.74, 6) is -0.730. The smallest absolute Gasteiger partial charge is 0.153 e. The third-order valence-electron chi connectivity index (χ3n) is 1.81. The molecule has 3 heteroatoms. The molecule has 0 spiro atoms. The molecule has 0 saturated heterocycles. The van der Waals surface area contributed by atoms with Crippen molar-refractivity contribution in [2.75, 3.05) is 0 Å². The van der Waals surface area contributed by atoms with Crippen LogP contribution in [-0.2, 0) is 0 Å². The van der Waals surface area contributed by atoms with Crippen LogP contribution < -0.4 is 0 Å². The van der Waals surface area contributed by atoms with Crippen molar-refractivity contribution in [3.63, 3.8) is 0 Å². The topological polar surface area (TPSA) is 37.3 Å². The van der Waals surface area contributed by atoms with Crippen LogP contribution in [0.4, 0.5) is 4.39 Å². The number of phenols is 1. The van der Waals surface area contributed by atoms with Gasteiger partial charge in [0.2, 0.25) is 0 Å². The Morgan fingerprint density at radius 2 is 2.08 bits per heavy atom. The molecule has 0 aliphatic heterocycles. The lowest BCUT2D eigenvalue weighted by molar-refractivity contribution is 0.111. The number of hydrogen-bond donors (Lipinski definition) is 1. The second kappa shape index (κ2) is 2.93. The lowest BCUT2D eigenvalue weighted by Crippen LogP contribution is -1.94. The third kappa shape index (κ3) is 1.18. The predicted molar refractivity (Wildman–Crippen MR) is 42.9 cm³/mol. The molecule has 0 amide bonds. The molecule has 0 saturated carbocycles. The van der Waals surface area contributed by atoms with Gasteiger partial charge < -0.3 is 5.11 Å². The van der Waals surface area contributed by atoms with Crippen molar-refractivity contribution in [2.45, 2.75) is 13.8 Å². The average Bonchev–Trinajstić information content (AvgIpc) is 2.08. The average molecular weight is 168 g/mol. The van der Waals surface area contributed by atoms with E-state index in [1.165, 1.54) is 13.0 Å². The Morgan fingerprint density at radius 3 is 2.58 bits per heavy atom. The van der Waals surface area contributed by atoms with E-state index in [-0.39, 0.29) is 16.9 Å². The predicted octanol–water partition coefficient (Wildman–Crippen LogP) is 1.96. The molecule has 0 fully saturated rings. The first-order chi connectivity index (χ1) is 5.57. The standard InChI is InChI=1S/C9H9FO2/c1-5-3-7(4-11)8(10)6(2)9(5)12/h3-4,12H,1-2H3. The van der Waals surface area contributed by atoms with Crippen molar-refractivity contribution in [1.82, 2.24) is 0 Å². The summed E-state index contributed by atoms with van der Waals surface area (Å²) in [5.41, 5.74) is 0.621. The first-order valence-corrected chi connectivity index (χ1v) is 3.51. The maximum atomic E-state index is 13.1. The second-order valence-electron chi connectivity index (χ2n) is 2.69. The van der Waals surface area contributed by atoms with Crippen LogP contribution in [0.2, 0.25) is 0 Å². The molecule has 2 nitrogen and oxygen atoms in total. The van der Waals surface area contributed by atoms with Crippen LogP contribution in [-0.4, -0.2) is 11.4 Å². The summed E-state index contributed by atoms with van der Waals surface area (Å²) in [4.78, 5) is 10.3. The molecule has 0 atom stereocenters. The van der Waals surface area contributed by atoms with E-state index in [0.29, 0.717) is 11.8 Å². The number of phenolic OH excluding ortho intramolecular Hbond substituents is 1. The van der Waals surface area contributed by atoms with Gasteiger partial charge in [-0.15, -0.1) is 0 Å². The van der Waals surface area contributed by atoms with E-state index in [1.807, 2.05) is 0 Å². The zero-order valence-corrected chi connectivity index (χ0v) is 6.89. The lowest BCUT2D eigenvalue weighted by Gasteiger charge is -2.05. The molecule has 0 aliphatic rings. The molecule has 1 N–H and O–H groups in total. The van der Waals surface area contributed by atoms with Crippen molar-refractivity contribution in [2.24, 2.45) is 0 Å². The highest BCUT2D eigenvalue weighted by Gasteiger charge is 2.10. The first kappa shape index (κ1) is 8.71. The van der Waals surface area contributed by atoms with Crippen molar-refractivity contribution in [3.05, 3.63) is 28.6 Å². The van der Waals surface area contributed by atoms with E-state index in [0.717, 1.165) is 0 Å². The number of rotatable bonds is 1. The number of halogens is 1. The van der Waals surface area contributed by atoms with Crippen LogP contribution in [0.1, 0.15) is 21.5 Å². The molecule has 64 valence electrons. The number of aromatic hydroxyl groups is 1. The molecule has 1 aromatic carbocycles. The lowest BCUT2D eigenvalue weighted by atomic mass is 10.1. The van der Waals surface area contributed by atoms with Gasteiger partial charge in [0.25, 0.3) is 0 Å². The summed E-state index contributed by atoms with van der Waals surface area (Å²) in [6.07, 6.45) is 0.439. The molecule has 1 rings (SSSR count). The summed E-state index contributed by atoms with van der Waals surface area (Å²) in [5, 5.41) is 9.25. The van der Waals surface area contributed by atoms with Gasteiger partial charge in [0.05, 0.1) is 5.56 Å². The maximum absolute atomic E-state index is 13.1. The zero-order chi connectivity index (χ0) is 9.30. The van der Waals surface area contributed by atoms with Crippen LogP contribution in [0.25, 0.3) is 0 Å². The summed E-state index contributed by atoms with van der Waals surface area (Å²) >= 11 is 0. The van der Waals surface area contributed by atoms with Gasteiger partial charge in [0.15, 0.2) is 6.29 Å². The molecule has 0 heterocycles. The van der Waals surface area contributed by atoms with E-state index in [2.05, 4.69) is 0 Å². The number of aldehydes is 1. The molecule has 12 heavy (non-hydrogen) atoms. The molecular formula is C9H9FO2. The van der Waals surface area contributed by atoms with Crippen molar-refractivity contribution < 1.29 is 14.3 Å². The first-order valence-electron chi connectivity index (χ1n) is 3.51. The van der Waals surface area contributed by atoms with E-state index < -0.39 is 5.82 Å². The summed E-state index contributed by atoms with van der Waals surface area (Å²) < 4.78 is 13.1. The van der Waals surface area contributed by atoms with Gasteiger partial charge in [0.1, 0.15) is 11.6 Å². The largest absolute Gasteiger partial charge is 0.507 e. The quantitative estimate of drug-likeness (QED) is 0.651. The summed E-state index contributed by atoms with van der Waals surface area (Å²) in [6, 6.07) is 1.32. The van der Waals surface area contributed by atoms with Gasteiger partial charge >= 0.3 is 0 Å². The third-order valence-corrected chi connectivity index (χ3v) is 1.81. The highest BCUT2D eigenvalue weighted by molar-refractivity contribution is 5.77. The normalized spacial score (nSPS) is 9.92. The minimum atomic E-state index is -0.645. The molecule has 0 bridgehead atoms. The fourth-order valence-corrected chi connectivity index (χ4v) is 1.07. The minimum absolute atomic E-state index is 0.0113. The van der Waals surface area contributed by atoms with Crippen molar-refractivity contribution in [3.8, 4) is 5.75 Å². The van der Waals surface area contributed by atoms with E-state index in [4.69, 9.17) is 0 Å². The summed E-state index contributed by atoms with van der Waals surface area (Å²) in [7, 11) is 0. The summed E-state index contributed by atoms with van der Waals surface area (Å²) in [6.45, 7) is 3.06. The van der Waals surface area contributed by atoms with Gasteiger partial charge in [0, 0.05) is 5.56 Å². The fraction of sp³-hybridized carbons (Fsp3) is 0.222. The molecule has 1 aromatic rings. The van der Waals surface area contributed by atoms with Crippen LogP contribution in [0.15, 0.2) is 6.07 Å². The molecular weight excluding hydrogens is 159 g/mol. The molecule has 0 aliphatic carbocycles. The Kier molecular flexibility index (Phi) is 2.13. The Bertz CT molecular complexity index is 332. The van der Waals surface area contributed by atoms with Crippen LogP contribution in [0.5, 0.6) is 5.75 Å². The number of carbonyl (C=O) groups is 1. The van der Waals surface area contributed by atoms with Crippen LogP contribution >= 0.6 is 0 Å². The van der Waals surface area contributed by atoms with Crippen molar-refractivity contribution in [1.29, 1.82) is 0 Å². The monoisotopic (exact) mass is 168 g/mol. The number of carbonyl (C=O) groups excluding carboxylic acids is 1. The Labute approximate surface area is 69.6 Å². The molecule has 0 aromatic heterocycles. The number of benzene rings is 1. The maximum Gasteiger partial charge on any atom is 0.153 e. The molecule has 0 unspecified atom stereocenters. The number of aryl methyl sites for hydroxylation is 1.